The first-order valence-electron chi connectivity index (χ1n) is 13.5. The number of methoxy groups -OCH3 is 1. The highest BCUT2D eigenvalue weighted by Crippen LogP contribution is 2.35. The predicted molar refractivity (Wildman–Crippen MR) is 188 cm³/mol. The van der Waals surface area contributed by atoms with Gasteiger partial charge in [0.05, 0.1) is 38.7 Å². The lowest BCUT2D eigenvalue weighted by molar-refractivity contribution is -0.139. The Kier molecular flexibility index (Phi) is 12.5. The number of carbonyl (C=O) groups is 3. The molecular formula is C31H29BrI2N4O7. The number of nitrogens with zero attached hydrogens (tertiary/aromatic N) is 1. The third-order valence-corrected chi connectivity index (χ3v) is 8.50. The molecular weight excluding hydrogens is 874 g/mol. The Morgan fingerprint density at radius 1 is 1.04 bits per heavy atom. The van der Waals surface area contributed by atoms with Gasteiger partial charge in [-0.15, -0.1) is 0 Å². The fraction of sp³-hybridized carbons (Fsp3) is 0.226. The van der Waals surface area contributed by atoms with Crippen LogP contribution in [0.4, 0.5) is 4.79 Å². The maximum atomic E-state index is 12.6. The normalized spacial score (nSPS) is 14.4. The second-order valence-electron chi connectivity index (χ2n) is 9.51. The summed E-state index contributed by atoms with van der Waals surface area (Å²) in [5.41, 5.74) is 5.54. The molecule has 0 aromatic heterocycles. The number of nitrogens with one attached hydrogen (secondary N) is 3. The molecule has 4 rings (SSSR count). The standard InChI is InChI=1S/C31H29BrI2N4O7/c1-4-43-30(40)27-17(2)36-31(41)37-28(27)20-7-10-24(25(13-20)42-3)44-16-26(39)38-35-14-19-11-22(33)29(23(34)12-19)45-15-18-5-8-21(32)9-6-18/h5-14,28H,4,15-16H2,1-3H3,(H,38,39)(H2,36,37,41)/b35-14-/t28-/m1/s1. The van der Waals surface area contributed by atoms with E-state index in [0.717, 1.165) is 28.5 Å². The van der Waals surface area contributed by atoms with E-state index in [0.29, 0.717) is 29.4 Å². The number of urea groups is 1. The second-order valence-corrected chi connectivity index (χ2v) is 12.8. The van der Waals surface area contributed by atoms with E-state index in [4.69, 9.17) is 18.9 Å². The van der Waals surface area contributed by atoms with E-state index in [1.807, 2.05) is 36.4 Å². The molecule has 0 aliphatic carbocycles. The van der Waals surface area contributed by atoms with Gasteiger partial charge in [0.2, 0.25) is 0 Å². The van der Waals surface area contributed by atoms with E-state index in [1.165, 1.54) is 7.11 Å². The molecule has 3 amide bonds. The number of allylic oxidation sites excluding steroid dienone is 1. The van der Waals surface area contributed by atoms with Crippen LogP contribution in [0.15, 0.2) is 75.4 Å². The molecule has 0 fully saturated rings. The second kappa shape index (κ2) is 16.3. The summed E-state index contributed by atoms with van der Waals surface area (Å²) in [6, 6.07) is 15.4. The molecule has 45 heavy (non-hydrogen) atoms. The van der Waals surface area contributed by atoms with Crippen LogP contribution in [0, 0.1) is 7.14 Å². The molecule has 1 atom stereocenters. The van der Waals surface area contributed by atoms with Crippen LogP contribution in [0.25, 0.3) is 0 Å². The maximum absolute atomic E-state index is 12.6. The van der Waals surface area contributed by atoms with Crippen molar-refractivity contribution in [1.82, 2.24) is 16.1 Å². The van der Waals surface area contributed by atoms with Crippen molar-refractivity contribution in [2.45, 2.75) is 26.5 Å². The highest BCUT2D eigenvalue weighted by molar-refractivity contribution is 14.1. The average Bonchev–Trinajstić information content (AvgIpc) is 3.00. The van der Waals surface area contributed by atoms with Crippen molar-refractivity contribution in [3.63, 3.8) is 0 Å². The van der Waals surface area contributed by atoms with Crippen molar-refractivity contribution >= 4 is 85.2 Å². The Balaban J connectivity index is 1.35. The van der Waals surface area contributed by atoms with Gasteiger partial charge in [-0.1, -0.05) is 34.1 Å². The molecule has 0 saturated heterocycles. The van der Waals surface area contributed by atoms with Crippen molar-refractivity contribution in [3.05, 3.63) is 94.2 Å². The van der Waals surface area contributed by atoms with Gasteiger partial charge in [-0.05, 0) is 112 Å². The van der Waals surface area contributed by atoms with Crippen LogP contribution in [0.3, 0.4) is 0 Å². The topological polar surface area (TPSA) is 137 Å². The Morgan fingerprint density at radius 2 is 1.76 bits per heavy atom. The molecule has 3 aromatic carbocycles. The Hall–Kier alpha value is -3.38. The van der Waals surface area contributed by atoms with E-state index in [1.54, 1.807) is 38.3 Å². The van der Waals surface area contributed by atoms with Crippen molar-refractivity contribution in [2.75, 3.05) is 20.3 Å². The van der Waals surface area contributed by atoms with Crippen molar-refractivity contribution in [1.29, 1.82) is 0 Å². The van der Waals surface area contributed by atoms with Gasteiger partial charge < -0.3 is 29.6 Å². The molecule has 1 heterocycles. The molecule has 0 spiro atoms. The largest absolute Gasteiger partial charge is 0.493 e. The quantitative estimate of drug-likeness (QED) is 0.0884. The minimum absolute atomic E-state index is 0.187. The smallest absolute Gasteiger partial charge is 0.338 e. The summed E-state index contributed by atoms with van der Waals surface area (Å²) in [4.78, 5) is 37.3. The fourth-order valence-electron chi connectivity index (χ4n) is 4.29. The van der Waals surface area contributed by atoms with Crippen LogP contribution in [-0.4, -0.2) is 44.4 Å². The lowest BCUT2D eigenvalue weighted by Crippen LogP contribution is -2.45. The molecule has 3 N–H and O–H groups in total. The number of hydrogen-bond acceptors (Lipinski definition) is 8. The highest BCUT2D eigenvalue weighted by atomic mass is 127. The lowest BCUT2D eigenvalue weighted by Gasteiger charge is -2.28. The number of benzene rings is 3. The number of hydrogen-bond donors (Lipinski definition) is 3. The van der Waals surface area contributed by atoms with Gasteiger partial charge in [-0.3, -0.25) is 4.79 Å². The molecule has 0 radical (unpaired) electrons. The molecule has 0 bridgehead atoms. The average molecular weight is 903 g/mol. The van der Waals surface area contributed by atoms with Gasteiger partial charge in [0.15, 0.2) is 18.1 Å². The first kappa shape index (κ1) is 34.5. The van der Waals surface area contributed by atoms with E-state index in [-0.39, 0.29) is 18.8 Å². The lowest BCUT2D eigenvalue weighted by atomic mass is 9.95. The first-order chi connectivity index (χ1) is 21.6. The number of carbonyl (C=O) groups excluding carboxylic acids is 3. The first-order valence-corrected chi connectivity index (χ1v) is 16.5. The van der Waals surface area contributed by atoms with Crippen LogP contribution < -0.4 is 30.3 Å². The summed E-state index contributed by atoms with van der Waals surface area (Å²) >= 11 is 7.86. The Bertz CT molecular complexity index is 1620. The van der Waals surface area contributed by atoms with Crippen LogP contribution in [0.2, 0.25) is 0 Å². The Labute approximate surface area is 295 Å². The van der Waals surface area contributed by atoms with Crippen LogP contribution in [0.5, 0.6) is 17.2 Å². The minimum atomic E-state index is -0.767. The number of rotatable bonds is 12. The minimum Gasteiger partial charge on any atom is -0.493 e. The molecule has 3 aromatic rings. The monoisotopic (exact) mass is 902 g/mol. The van der Waals surface area contributed by atoms with Crippen LogP contribution in [-0.2, 0) is 20.9 Å². The number of amides is 3. The van der Waals surface area contributed by atoms with Gasteiger partial charge in [-0.25, -0.2) is 15.0 Å². The summed E-state index contributed by atoms with van der Waals surface area (Å²) < 4.78 is 25.2. The van der Waals surface area contributed by atoms with Crippen molar-refractivity contribution in [2.24, 2.45) is 5.10 Å². The summed E-state index contributed by atoms with van der Waals surface area (Å²) in [5.74, 6) is 0.352. The zero-order chi connectivity index (χ0) is 32.5. The zero-order valence-corrected chi connectivity index (χ0v) is 30.3. The fourth-order valence-corrected chi connectivity index (χ4v) is 6.68. The maximum Gasteiger partial charge on any atom is 0.338 e. The third kappa shape index (κ3) is 9.32. The third-order valence-electron chi connectivity index (χ3n) is 6.36. The molecule has 1 aliphatic rings. The van der Waals surface area contributed by atoms with E-state index in [9.17, 15) is 14.4 Å². The van der Waals surface area contributed by atoms with E-state index < -0.39 is 23.9 Å². The molecule has 236 valence electrons. The number of hydrazone groups is 1. The van der Waals surface area contributed by atoms with Crippen LogP contribution in [0.1, 0.15) is 36.6 Å². The van der Waals surface area contributed by atoms with Gasteiger partial charge in [0.25, 0.3) is 5.91 Å². The summed E-state index contributed by atoms with van der Waals surface area (Å²) in [6.45, 7) is 3.63. The zero-order valence-electron chi connectivity index (χ0n) is 24.4. The summed E-state index contributed by atoms with van der Waals surface area (Å²) in [6.07, 6.45) is 1.54. The summed E-state index contributed by atoms with van der Waals surface area (Å²) in [5, 5.41) is 9.39. The van der Waals surface area contributed by atoms with E-state index in [2.05, 4.69) is 82.3 Å². The number of ether oxygens (including phenoxy) is 4. The van der Waals surface area contributed by atoms with Gasteiger partial charge in [0, 0.05) is 10.2 Å². The van der Waals surface area contributed by atoms with Gasteiger partial charge in [0.1, 0.15) is 12.4 Å². The van der Waals surface area contributed by atoms with Gasteiger partial charge in [-0.2, -0.15) is 5.10 Å². The SMILES string of the molecule is CCOC(=O)C1=C(C)NC(=O)N[C@@H]1c1ccc(OCC(=O)N/N=C\c2cc(I)c(OCc3ccc(Br)cc3)c(I)c2)c(OC)c1. The molecule has 0 saturated carbocycles. The Morgan fingerprint density at radius 3 is 2.42 bits per heavy atom. The molecule has 14 heteroatoms. The van der Waals surface area contributed by atoms with Gasteiger partial charge >= 0.3 is 12.0 Å². The van der Waals surface area contributed by atoms with Crippen molar-refractivity contribution < 1.29 is 33.3 Å². The molecule has 11 nitrogen and oxygen atoms in total. The van der Waals surface area contributed by atoms with Crippen molar-refractivity contribution in [3.8, 4) is 17.2 Å². The van der Waals surface area contributed by atoms with Crippen LogP contribution >= 0.6 is 61.1 Å². The highest BCUT2D eigenvalue weighted by Gasteiger charge is 2.32. The molecule has 0 unspecified atom stereocenters. The molecule has 1 aliphatic heterocycles. The predicted octanol–water partition coefficient (Wildman–Crippen LogP) is 5.97. The van der Waals surface area contributed by atoms with E-state index >= 15 is 0 Å². The number of esters is 1. The number of halogens is 3. The summed E-state index contributed by atoms with van der Waals surface area (Å²) in [7, 11) is 1.45.